The van der Waals surface area contributed by atoms with E-state index in [-0.39, 0.29) is 0 Å². The topological polar surface area (TPSA) is 35.2 Å². The van der Waals surface area contributed by atoms with E-state index in [0.717, 1.165) is 31.7 Å². The molecule has 0 bridgehead atoms. The zero-order chi connectivity index (χ0) is 14.3. The number of hydrogen-bond acceptors (Lipinski definition) is 2. The Labute approximate surface area is 118 Å². The summed E-state index contributed by atoms with van der Waals surface area (Å²) in [6.07, 6.45) is 4.51. The first-order chi connectivity index (χ1) is 9.13. The molecule has 0 amide bonds. The fraction of sp³-hybridized carbons (Fsp3) is 0.647. The van der Waals surface area contributed by atoms with Gasteiger partial charge in [0.2, 0.25) is 0 Å². The van der Waals surface area contributed by atoms with Crippen molar-refractivity contribution >= 4 is 0 Å². The molecule has 19 heavy (non-hydrogen) atoms. The van der Waals surface area contributed by atoms with E-state index in [1.54, 1.807) is 0 Å². The lowest BCUT2D eigenvalue weighted by Crippen LogP contribution is -2.06. The number of aryl methyl sites for hydroxylation is 2. The zero-order valence-electron chi connectivity index (χ0n) is 13.0. The molecule has 2 N–H and O–H groups in total. The van der Waals surface area contributed by atoms with Gasteiger partial charge in [0.25, 0.3) is 0 Å². The maximum atomic E-state index is 5.80. The van der Waals surface area contributed by atoms with E-state index in [4.69, 9.17) is 10.5 Å². The SMILES string of the molecule is CCCOc1cc(C)c(C(CC)CCCN)cc1C. The third-order valence-corrected chi connectivity index (χ3v) is 3.71. The Morgan fingerprint density at radius 2 is 1.89 bits per heavy atom. The molecule has 2 nitrogen and oxygen atoms in total. The highest BCUT2D eigenvalue weighted by Gasteiger charge is 2.14. The van der Waals surface area contributed by atoms with E-state index in [1.165, 1.54) is 29.5 Å². The Hall–Kier alpha value is -1.02. The summed E-state index contributed by atoms with van der Waals surface area (Å²) in [4.78, 5) is 0. The van der Waals surface area contributed by atoms with Gasteiger partial charge in [-0.1, -0.05) is 19.9 Å². The highest BCUT2D eigenvalue weighted by atomic mass is 16.5. The fourth-order valence-corrected chi connectivity index (χ4v) is 2.56. The molecule has 0 aliphatic heterocycles. The van der Waals surface area contributed by atoms with Crippen LogP contribution in [0.25, 0.3) is 0 Å². The molecule has 108 valence electrons. The van der Waals surface area contributed by atoms with Crippen LogP contribution in [0, 0.1) is 13.8 Å². The van der Waals surface area contributed by atoms with Crippen molar-refractivity contribution in [1.82, 2.24) is 0 Å². The average molecular weight is 263 g/mol. The molecule has 0 aromatic heterocycles. The molecule has 0 heterocycles. The largest absolute Gasteiger partial charge is 0.493 e. The van der Waals surface area contributed by atoms with Gasteiger partial charge in [0.1, 0.15) is 5.75 Å². The number of rotatable bonds is 8. The number of ether oxygens (including phenoxy) is 1. The van der Waals surface area contributed by atoms with Gasteiger partial charge < -0.3 is 10.5 Å². The minimum atomic E-state index is 0.627. The lowest BCUT2D eigenvalue weighted by Gasteiger charge is -2.20. The van der Waals surface area contributed by atoms with Crippen molar-refractivity contribution in [3.63, 3.8) is 0 Å². The standard InChI is InChI=1S/C17H29NO/c1-5-10-19-17-12-13(3)16(11-14(17)4)15(6-2)8-7-9-18/h11-12,15H,5-10,18H2,1-4H3. The predicted octanol–water partition coefficient (Wildman–Crippen LogP) is 4.32. The van der Waals surface area contributed by atoms with Gasteiger partial charge >= 0.3 is 0 Å². The summed E-state index contributed by atoms with van der Waals surface area (Å²) in [6.45, 7) is 10.3. The maximum absolute atomic E-state index is 5.80. The van der Waals surface area contributed by atoms with Crippen LogP contribution in [0.15, 0.2) is 12.1 Å². The highest BCUT2D eigenvalue weighted by Crippen LogP contribution is 2.32. The van der Waals surface area contributed by atoms with E-state index in [2.05, 4.69) is 39.8 Å². The highest BCUT2D eigenvalue weighted by molar-refractivity contribution is 5.43. The van der Waals surface area contributed by atoms with Crippen LogP contribution in [0.1, 0.15) is 62.1 Å². The second-order valence-corrected chi connectivity index (χ2v) is 5.36. The van der Waals surface area contributed by atoms with Crippen LogP contribution in [0.3, 0.4) is 0 Å². The molecule has 0 aliphatic rings. The van der Waals surface area contributed by atoms with Crippen molar-refractivity contribution in [2.24, 2.45) is 5.73 Å². The van der Waals surface area contributed by atoms with Gasteiger partial charge in [-0.3, -0.25) is 0 Å². The lowest BCUT2D eigenvalue weighted by molar-refractivity contribution is 0.315. The summed E-state index contributed by atoms with van der Waals surface area (Å²) in [5.74, 6) is 1.67. The van der Waals surface area contributed by atoms with Gasteiger partial charge in [-0.25, -0.2) is 0 Å². The van der Waals surface area contributed by atoms with Crippen molar-refractivity contribution in [2.75, 3.05) is 13.2 Å². The Morgan fingerprint density at radius 1 is 1.16 bits per heavy atom. The molecule has 1 aromatic carbocycles. The zero-order valence-corrected chi connectivity index (χ0v) is 13.0. The first-order valence-corrected chi connectivity index (χ1v) is 7.58. The molecule has 0 fully saturated rings. The fourth-order valence-electron chi connectivity index (χ4n) is 2.56. The Bertz CT molecular complexity index is 387. The molecule has 2 heteroatoms. The normalized spacial score (nSPS) is 12.5. The summed E-state index contributed by atoms with van der Waals surface area (Å²) in [5.41, 5.74) is 9.70. The monoisotopic (exact) mass is 263 g/mol. The van der Waals surface area contributed by atoms with Crippen LogP contribution in [0.5, 0.6) is 5.75 Å². The summed E-state index contributed by atoms with van der Waals surface area (Å²) in [5, 5.41) is 0. The van der Waals surface area contributed by atoms with Gasteiger partial charge in [-0.05, 0) is 74.8 Å². The van der Waals surface area contributed by atoms with Crippen LogP contribution in [0.2, 0.25) is 0 Å². The number of nitrogens with two attached hydrogens (primary N) is 1. The Morgan fingerprint density at radius 3 is 2.47 bits per heavy atom. The summed E-state index contributed by atoms with van der Waals surface area (Å²) >= 11 is 0. The van der Waals surface area contributed by atoms with Crippen LogP contribution in [0.4, 0.5) is 0 Å². The average Bonchev–Trinajstić information content (AvgIpc) is 2.41. The minimum Gasteiger partial charge on any atom is -0.493 e. The summed E-state index contributed by atoms with van der Waals surface area (Å²) in [6, 6.07) is 4.51. The van der Waals surface area contributed by atoms with Gasteiger partial charge in [0.05, 0.1) is 6.61 Å². The second kappa shape index (κ2) is 8.21. The molecule has 0 aliphatic carbocycles. The Kier molecular flexibility index (Phi) is 6.93. The Balaban J connectivity index is 2.92. The maximum Gasteiger partial charge on any atom is 0.122 e. The van der Waals surface area contributed by atoms with Gasteiger partial charge in [0, 0.05) is 0 Å². The van der Waals surface area contributed by atoms with Crippen LogP contribution in [-0.4, -0.2) is 13.2 Å². The molecule has 0 radical (unpaired) electrons. The van der Waals surface area contributed by atoms with Crippen LogP contribution in [-0.2, 0) is 0 Å². The molecule has 1 unspecified atom stereocenters. The third-order valence-electron chi connectivity index (χ3n) is 3.71. The third kappa shape index (κ3) is 4.54. The van der Waals surface area contributed by atoms with Gasteiger partial charge in [-0.2, -0.15) is 0 Å². The quantitative estimate of drug-likeness (QED) is 0.758. The van der Waals surface area contributed by atoms with Crippen molar-refractivity contribution in [3.05, 3.63) is 28.8 Å². The number of benzene rings is 1. The minimum absolute atomic E-state index is 0.627. The van der Waals surface area contributed by atoms with Crippen molar-refractivity contribution in [3.8, 4) is 5.75 Å². The van der Waals surface area contributed by atoms with Gasteiger partial charge in [-0.15, -0.1) is 0 Å². The predicted molar refractivity (Wildman–Crippen MR) is 83.0 cm³/mol. The summed E-state index contributed by atoms with van der Waals surface area (Å²) < 4.78 is 5.80. The number of hydrogen-bond donors (Lipinski definition) is 1. The first-order valence-electron chi connectivity index (χ1n) is 7.58. The van der Waals surface area contributed by atoms with E-state index in [1.807, 2.05) is 0 Å². The first kappa shape index (κ1) is 16.0. The molecule has 0 spiro atoms. The molecule has 1 atom stereocenters. The smallest absolute Gasteiger partial charge is 0.122 e. The molecule has 0 saturated heterocycles. The lowest BCUT2D eigenvalue weighted by atomic mass is 9.87. The van der Waals surface area contributed by atoms with Crippen molar-refractivity contribution in [1.29, 1.82) is 0 Å². The van der Waals surface area contributed by atoms with Crippen molar-refractivity contribution in [2.45, 2.75) is 59.3 Å². The molecular weight excluding hydrogens is 234 g/mol. The van der Waals surface area contributed by atoms with E-state index < -0.39 is 0 Å². The van der Waals surface area contributed by atoms with E-state index in [9.17, 15) is 0 Å². The summed E-state index contributed by atoms with van der Waals surface area (Å²) in [7, 11) is 0. The molecule has 1 aromatic rings. The van der Waals surface area contributed by atoms with Crippen LogP contribution >= 0.6 is 0 Å². The second-order valence-electron chi connectivity index (χ2n) is 5.36. The molecule has 1 rings (SSSR count). The van der Waals surface area contributed by atoms with Crippen LogP contribution < -0.4 is 10.5 Å². The molecule has 0 saturated carbocycles. The van der Waals surface area contributed by atoms with E-state index >= 15 is 0 Å². The van der Waals surface area contributed by atoms with Gasteiger partial charge in [0.15, 0.2) is 0 Å². The van der Waals surface area contributed by atoms with Crippen molar-refractivity contribution < 1.29 is 4.74 Å². The van der Waals surface area contributed by atoms with E-state index in [0.29, 0.717) is 5.92 Å². The molecular formula is C17H29NO.